The van der Waals surface area contributed by atoms with E-state index in [1.54, 1.807) is 51.4 Å². The van der Waals surface area contributed by atoms with E-state index in [2.05, 4.69) is 20.9 Å². The van der Waals surface area contributed by atoms with Crippen LogP contribution in [0.15, 0.2) is 71.8 Å². The van der Waals surface area contributed by atoms with Gasteiger partial charge >= 0.3 is 0 Å². The normalized spacial score (nSPS) is 14.7. The van der Waals surface area contributed by atoms with E-state index in [9.17, 15) is 14.4 Å². The summed E-state index contributed by atoms with van der Waals surface area (Å²) in [7, 11) is 6.56. The number of anilines is 1. The number of aryl methyl sites for hydroxylation is 2. The van der Waals surface area contributed by atoms with Crippen molar-refractivity contribution in [1.82, 2.24) is 20.2 Å². The van der Waals surface area contributed by atoms with E-state index in [1.165, 1.54) is 6.92 Å². The minimum Gasteiger partial charge on any atom is -0.493 e. The van der Waals surface area contributed by atoms with Gasteiger partial charge in [0.25, 0.3) is 0 Å². The van der Waals surface area contributed by atoms with Crippen molar-refractivity contribution in [3.63, 3.8) is 0 Å². The molecule has 3 unspecified atom stereocenters. The molecule has 2 amide bonds. The summed E-state index contributed by atoms with van der Waals surface area (Å²) in [4.78, 5) is 45.0. The molecular weight excluding hydrogens is 643 g/mol. The highest BCUT2D eigenvalue weighted by molar-refractivity contribution is 7.98. The van der Waals surface area contributed by atoms with E-state index in [1.807, 2.05) is 66.5 Å². The summed E-state index contributed by atoms with van der Waals surface area (Å²) in [5, 5.41) is 9.50. The number of hydrogen-bond donors (Lipinski definition) is 3. The van der Waals surface area contributed by atoms with Crippen molar-refractivity contribution in [3.05, 3.63) is 99.7 Å². The maximum absolute atomic E-state index is 14.1. The molecular formula is C37H43N5O6S. The fourth-order valence-corrected chi connectivity index (χ4v) is 6.83. The molecule has 258 valence electrons. The largest absolute Gasteiger partial charge is 0.493 e. The van der Waals surface area contributed by atoms with Crippen LogP contribution in [0.4, 0.5) is 5.69 Å². The first-order valence-corrected chi connectivity index (χ1v) is 17.5. The fourth-order valence-electron chi connectivity index (χ4n) is 6.36. The molecule has 1 aromatic heterocycles. The average Bonchev–Trinajstić information content (AvgIpc) is 3.39. The number of rotatable bonds is 13. The number of amides is 2. The highest BCUT2D eigenvalue weighted by atomic mass is 32.2. The molecule has 11 nitrogen and oxygen atoms in total. The van der Waals surface area contributed by atoms with Crippen LogP contribution in [0.2, 0.25) is 0 Å². The second-order valence-electron chi connectivity index (χ2n) is 11.8. The lowest BCUT2D eigenvalue weighted by molar-refractivity contribution is -0.122. The molecule has 1 aliphatic rings. The van der Waals surface area contributed by atoms with E-state index in [0.29, 0.717) is 59.2 Å². The number of nitrogens with one attached hydrogen (secondary N) is 3. The summed E-state index contributed by atoms with van der Waals surface area (Å²) in [6, 6.07) is 15.0. The number of thioether (sulfide) groups is 1. The zero-order valence-electron chi connectivity index (χ0n) is 28.7. The molecule has 3 aromatic carbocycles. The molecule has 3 N–H and O–H groups in total. The Bertz CT molecular complexity index is 1860. The first-order chi connectivity index (χ1) is 23.7. The molecule has 5 rings (SSSR count). The first kappa shape index (κ1) is 35.3. The number of benzene rings is 2. The smallest absolute Gasteiger partial charge is 0.243 e. The number of aromatic nitrogens is 2. The minimum atomic E-state index is -0.730. The average molecular weight is 686 g/mol. The van der Waals surface area contributed by atoms with Crippen molar-refractivity contribution in [2.45, 2.75) is 44.3 Å². The van der Waals surface area contributed by atoms with Crippen molar-refractivity contribution < 1.29 is 23.8 Å². The summed E-state index contributed by atoms with van der Waals surface area (Å²) < 4.78 is 19.1. The molecule has 0 fully saturated rings. The summed E-state index contributed by atoms with van der Waals surface area (Å²) >= 11 is 1.62. The summed E-state index contributed by atoms with van der Waals surface area (Å²) in [5.41, 5.74) is 3.85. The van der Waals surface area contributed by atoms with Crippen LogP contribution in [0.3, 0.4) is 0 Å². The third kappa shape index (κ3) is 7.69. The number of carbonyl (C=O) groups excluding carboxylic acids is 2. The molecule has 3 atom stereocenters. The molecule has 0 bridgehead atoms. The fraction of sp³-hybridized carbons (Fsp3) is 0.351. The number of hydrogen-bond acceptors (Lipinski definition) is 9. The van der Waals surface area contributed by atoms with Crippen LogP contribution in [0.1, 0.15) is 54.4 Å². The molecule has 0 spiro atoms. The Morgan fingerprint density at radius 2 is 1.80 bits per heavy atom. The van der Waals surface area contributed by atoms with Gasteiger partial charge in [-0.05, 0) is 71.7 Å². The number of ether oxygens (including phenoxy) is 3. The number of methoxy groups -OCH3 is 3. The van der Waals surface area contributed by atoms with Crippen LogP contribution < -0.4 is 35.6 Å². The third-order valence-electron chi connectivity index (χ3n) is 8.71. The van der Waals surface area contributed by atoms with Gasteiger partial charge in [-0.15, -0.1) is 0 Å². The van der Waals surface area contributed by atoms with Gasteiger partial charge in [0.15, 0.2) is 11.5 Å². The molecule has 4 aromatic rings. The summed E-state index contributed by atoms with van der Waals surface area (Å²) in [6.07, 6.45) is 7.11. The van der Waals surface area contributed by atoms with E-state index in [-0.39, 0.29) is 22.9 Å². The highest BCUT2D eigenvalue weighted by Crippen LogP contribution is 2.50. The quantitative estimate of drug-likeness (QED) is 0.177. The predicted octanol–water partition coefficient (Wildman–Crippen LogP) is 5.04. The van der Waals surface area contributed by atoms with Gasteiger partial charge < -0.3 is 34.7 Å². The predicted molar refractivity (Wildman–Crippen MR) is 193 cm³/mol. The molecule has 1 aliphatic carbocycles. The van der Waals surface area contributed by atoms with Crippen LogP contribution in [0, 0.1) is 0 Å². The van der Waals surface area contributed by atoms with Crippen LogP contribution in [0.25, 0.3) is 11.1 Å². The topological polar surface area (TPSA) is 133 Å². The minimum absolute atomic E-state index is 0.212. The monoisotopic (exact) mass is 685 g/mol. The zero-order valence-corrected chi connectivity index (χ0v) is 29.5. The Morgan fingerprint density at radius 1 is 1.04 bits per heavy atom. The molecule has 0 saturated heterocycles. The lowest BCUT2D eigenvalue weighted by atomic mass is 9.95. The standard InChI is InChI=1S/C37H43N5O6S/c1-22(43)39-27-14-12-24-20-31(46-3)34(47-4)35(48-5)32(24)25-13-15-28(30(44)21-26(25)27)40-29(16-19-49-6)37(45)41-33(23-10-8-7-9-11-23)36-38-17-18-42(36)2/h7-11,13,15,17-18,20-21,27,29,33H,12,14,16,19H2,1-6H3,(H,39,43)(H,40,44)(H,41,45). The first-order valence-electron chi connectivity index (χ1n) is 16.1. The Labute approximate surface area is 290 Å². The number of nitrogens with zero attached hydrogens (tertiary/aromatic N) is 2. The second kappa shape index (κ2) is 16.0. The van der Waals surface area contributed by atoms with Gasteiger partial charge in [0.2, 0.25) is 23.0 Å². The van der Waals surface area contributed by atoms with Gasteiger partial charge in [0.05, 0.1) is 33.1 Å². The van der Waals surface area contributed by atoms with Gasteiger partial charge in [-0.25, -0.2) is 4.98 Å². The maximum atomic E-state index is 14.1. The lowest BCUT2D eigenvalue weighted by Gasteiger charge is -2.24. The van der Waals surface area contributed by atoms with Crippen molar-refractivity contribution in [2.75, 3.05) is 38.7 Å². The van der Waals surface area contributed by atoms with E-state index >= 15 is 0 Å². The molecule has 0 saturated carbocycles. The molecule has 12 heteroatoms. The van der Waals surface area contributed by atoms with Crippen LogP contribution in [-0.2, 0) is 23.1 Å². The highest BCUT2D eigenvalue weighted by Gasteiger charge is 2.30. The van der Waals surface area contributed by atoms with Crippen LogP contribution >= 0.6 is 11.8 Å². The van der Waals surface area contributed by atoms with Crippen LogP contribution in [0.5, 0.6) is 17.2 Å². The molecule has 0 radical (unpaired) electrons. The Kier molecular flexibility index (Phi) is 11.5. The Morgan fingerprint density at radius 3 is 2.43 bits per heavy atom. The van der Waals surface area contributed by atoms with Gasteiger partial charge in [0, 0.05) is 31.9 Å². The SMILES string of the molecule is COc1cc2c(c(OC)c1OC)-c1ccc(NC(CCSC)C(=O)NC(c3ccccc3)c3nccn3C)c(=O)cc1C(NC(C)=O)CC2. The van der Waals surface area contributed by atoms with E-state index in [0.717, 1.165) is 16.7 Å². The van der Waals surface area contributed by atoms with Crippen molar-refractivity contribution in [2.24, 2.45) is 7.05 Å². The number of imidazole rings is 1. The molecule has 1 heterocycles. The Hall–Kier alpha value is -4.97. The number of carbonyl (C=O) groups is 2. The van der Waals surface area contributed by atoms with Gasteiger partial charge in [-0.3, -0.25) is 14.4 Å². The Balaban J connectivity index is 1.59. The zero-order chi connectivity index (χ0) is 35.1. The van der Waals surface area contributed by atoms with E-state index in [4.69, 9.17) is 14.2 Å². The van der Waals surface area contributed by atoms with E-state index < -0.39 is 18.1 Å². The molecule has 49 heavy (non-hydrogen) atoms. The second-order valence-corrected chi connectivity index (χ2v) is 12.8. The van der Waals surface area contributed by atoms with Gasteiger partial charge in [-0.1, -0.05) is 36.4 Å². The summed E-state index contributed by atoms with van der Waals surface area (Å²) in [5.74, 6) is 2.30. The van der Waals surface area contributed by atoms with Gasteiger partial charge in [-0.2, -0.15) is 11.8 Å². The van der Waals surface area contributed by atoms with Crippen LogP contribution in [-0.4, -0.2) is 60.7 Å². The lowest BCUT2D eigenvalue weighted by Crippen LogP contribution is -2.43. The number of fused-ring (bicyclic) bond motifs is 3. The van der Waals surface area contributed by atoms with Crippen molar-refractivity contribution in [1.29, 1.82) is 0 Å². The third-order valence-corrected chi connectivity index (χ3v) is 9.35. The molecule has 0 aliphatic heterocycles. The summed E-state index contributed by atoms with van der Waals surface area (Å²) in [6.45, 7) is 1.46. The van der Waals surface area contributed by atoms with Gasteiger partial charge in [0.1, 0.15) is 17.9 Å². The maximum Gasteiger partial charge on any atom is 0.243 e. The van der Waals surface area contributed by atoms with Crippen molar-refractivity contribution in [3.8, 4) is 28.4 Å². The van der Waals surface area contributed by atoms with Crippen molar-refractivity contribution >= 4 is 29.3 Å².